The molecule has 0 aliphatic heterocycles. The Morgan fingerprint density at radius 2 is 1.88 bits per heavy atom. The standard InChI is InChI=1S/C3H10N2.CH3NO/c1-5(2)3-4;1-2-3/h3-4H2,1-2H3;3H,1H2. The van der Waals surface area contributed by atoms with Crippen molar-refractivity contribution in [3.63, 3.8) is 0 Å². The van der Waals surface area contributed by atoms with Gasteiger partial charge in [0, 0.05) is 13.4 Å². The average molecular weight is 119 g/mol. The molecule has 0 amide bonds. The summed E-state index contributed by atoms with van der Waals surface area (Å²) in [5.74, 6) is 0. The van der Waals surface area contributed by atoms with Crippen LogP contribution >= 0.6 is 0 Å². The second-order valence-corrected chi connectivity index (χ2v) is 1.40. The lowest BCUT2D eigenvalue weighted by Gasteiger charge is -2.00. The monoisotopic (exact) mass is 119 g/mol. The maximum atomic E-state index is 7.08. The normalized spacial score (nSPS) is 7.50. The maximum absolute atomic E-state index is 7.08. The number of nitrogens with two attached hydrogens (primary N) is 1. The van der Waals surface area contributed by atoms with E-state index in [-0.39, 0.29) is 0 Å². The van der Waals surface area contributed by atoms with E-state index in [2.05, 4.69) is 11.9 Å². The van der Waals surface area contributed by atoms with Gasteiger partial charge in [0.05, 0.1) is 0 Å². The van der Waals surface area contributed by atoms with Gasteiger partial charge in [0.2, 0.25) is 0 Å². The van der Waals surface area contributed by atoms with Gasteiger partial charge in [-0.3, -0.25) is 4.90 Å². The Hall–Kier alpha value is -0.610. The van der Waals surface area contributed by atoms with Crippen molar-refractivity contribution in [2.24, 2.45) is 10.9 Å². The first-order chi connectivity index (χ1) is 3.68. The van der Waals surface area contributed by atoms with E-state index < -0.39 is 0 Å². The highest BCUT2D eigenvalue weighted by molar-refractivity contribution is 5.20. The second-order valence-electron chi connectivity index (χ2n) is 1.40. The van der Waals surface area contributed by atoms with E-state index in [1.54, 1.807) is 0 Å². The number of hydrogen-bond donors (Lipinski definition) is 2. The summed E-state index contributed by atoms with van der Waals surface area (Å²) >= 11 is 0. The molecule has 0 rings (SSSR count). The van der Waals surface area contributed by atoms with Crippen LogP contribution in [0.4, 0.5) is 0 Å². The summed E-state index contributed by atoms with van der Waals surface area (Å²) in [4.78, 5) is 1.90. The van der Waals surface area contributed by atoms with Gasteiger partial charge in [-0.1, -0.05) is 0 Å². The largest absolute Gasteiger partial charge is 0.411 e. The minimum atomic E-state index is 0.639. The SMILES string of the molecule is C=NO.CN(C)CN. The van der Waals surface area contributed by atoms with Crippen LogP contribution in [-0.2, 0) is 0 Å². The van der Waals surface area contributed by atoms with E-state index in [9.17, 15) is 0 Å². The van der Waals surface area contributed by atoms with E-state index >= 15 is 0 Å². The van der Waals surface area contributed by atoms with Gasteiger partial charge in [-0.15, -0.1) is 5.16 Å². The Bertz CT molecular complexity index is 46.5. The number of hydrogen-bond acceptors (Lipinski definition) is 4. The van der Waals surface area contributed by atoms with Gasteiger partial charge in [0.25, 0.3) is 0 Å². The van der Waals surface area contributed by atoms with Crippen molar-refractivity contribution in [3.8, 4) is 0 Å². The first kappa shape index (κ1) is 10.4. The molecule has 0 aliphatic carbocycles. The fourth-order valence-electron chi connectivity index (χ4n) is 0. The maximum Gasteiger partial charge on any atom is 0.0449 e. The number of oxime groups is 1. The molecule has 0 bridgehead atoms. The van der Waals surface area contributed by atoms with Gasteiger partial charge in [-0.25, -0.2) is 0 Å². The number of nitrogens with zero attached hydrogens (tertiary/aromatic N) is 2. The van der Waals surface area contributed by atoms with Gasteiger partial charge >= 0.3 is 0 Å². The molecule has 0 aromatic heterocycles. The Morgan fingerprint density at radius 1 is 1.75 bits per heavy atom. The Morgan fingerprint density at radius 3 is 1.88 bits per heavy atom. The van der Waals surface area contributed by atoms with Crippen LogP contribution in [0.2, 0.25) is 0 Å². The fourth-order valence-corrected chi connectivity index (χ4v) is 0. The summed E-state index contributed by atoms with van der Waals surface area (Å²) in [6.07, 6.45) is 0. The molecule has 0 heterocycles. The van der Waals surface area contributed by atoms with Crippen molar-refractivity contribution in [1.29, 1.82) is 0 Å². The molecule has 0 spiro atoms. The molecule has 0 aromatic rings. The first-order valence-corrected chi connectivity index (χ1v) is 2.14. The molecule has 0 fully saturated rings. The summed E-state index contributed by atoms with van der Waals surface area (Å²) < 4.78 is 0. The van der Waals surface area contributed by atoms with Crippen molar-refractivity contribution in [1.82, 2.24) is 4.90 Å². The van der Waals surface area contributed by atoms with Crippen LogP contribution < -0.4 is 5.73 Å². The molecule has 0 aromatic carbocycles. The van der Waals surface area contributed by atoms with Crippen LogP contribution in [-0.4, -0.2) is 37.6 Å². The van der Waals surface area contributed by atoms with Gasteiger partial charge in [0.1, 0.15) is 0 Å². The molecular formula is C4H13N3O. The highest BCUT2D eigenvalue weighted by Crippen LogP contribution is 1.55. The zero-order valence-electron chi connectivity index (χ0n) is 5.33. The van der Waals surface area contributed by atoms with Gasteiger partial charge in [-0.2, -0.15) is 0 Å². The van der Waals surface area contributed by atoms with Gasteiger partial charge in [-0.05, 0) is 14.1 Å². The fraction of sp³-hybridized carbons (Fsp3) is 0.750. The highest BCUT2D eigenvalue weighted by atomic mass is 16.4. The van der Waals surface area contributed by atoms with Crippen LogP contribution in [0.5, 0.6) is 0 Å². The van der Waals surface area contributed by atoms with E-state index in [0.29, 0.717) is 6.67 Å². The Balaban J connectivity index is 0. The average Bonchev–Trinajstić information content (AvgIpc) is 1.69. The predicted molar refractivity (Wildman–Crippen MR) is 34.1 cm³/mol. The number of rotatable bonds is 1. The lowest BCUT2D eigenvalue weighted by molar-refractivity contribution is 0.323. The van der Waals surface area contributed by atoms with Gasteiger partial charge in [0.15, 0.2) is 0 Å². The zero-order valence-corrected chi connectivity index (χ0v) is 5.33. The minimum Gasteiger partial charge on any atom is -0.411 e. The van der Waals surface area contributed by atoms with Crippen LogP contribution in [0.15, 0.2) is 5.16 Å². The van der Waals surface area contributed by atoms with E-state index in [1.807, 2.05) is 19.0 Å². The molecular weight excluding hydrogens is 106 g/mol. The molecule has 0 radical (unpaired) electrons. The molecule has 0 atom stereocenters. The molecule has 0 unspecified atom stereocenters. The van der Waals surface area contributed by atoms with Crippen molar-refractivity contribution in [2.45, 2.75) is 0 Å². The zero-order chi connectivity index (χ0) is 6.99. The summed E-state index contributed by atoms with van der Waals surface area (Å²) in [7, 11) is 3.86. The molecule has 0 saturated heterocycles. The van der Waals surface area contributed by atoms with Crippen LogP contribution in [0.25, 0.3) is 0 Å². The minimum absolute atomic E-state index is 0.639. The molecule has 0 aliphatic rings. The third kappa shape index (κ3) is 53.8. The summed E-state index contributed by atoms with van der Waals surface area (Å²) in [6, 6.07) is 0. The third-order valence-corrected chi connectivity index (χ3v) is 0.365. The second kappa shape index (κ2) is 9.63. The van der Waals surface area contributed by atoms with E-state index in [4.69, 9.17) is 10.9 Å². The Labute approximate surface area is 49.6 Å². The van der Waals surface area contributed by atoms with Crippen LogP contribution in [0.1, 0.15) is 0 Å². The quantitative estimate of drug-likeness (QED) is 0.212. The van der Waals surface area contributed by atoms with Crippen molar-refractivity contribution < 1.29 is 5.21 Å². The van der Waals surface area contributed by atoms with Crippen LogP contribution in [0, 0.1) is 0 Å². The van der Waals surface area contributed by atoms with Crippen LogP contribution in [0.3, 0.4) is 0 Å². The topological polar surface area (TPSA) is 61.9 Å². The van der Waals surface area contributed by atoms with E-state index in [0.717, 1.165) is 0 Å². The highest BCUT2D eigenvalue weighted by Gasteiger charge is 1.71. The van der Waals surface area contributed by atoms with Crippen molar-refractivity contribution in [2.75, 3.05) is 20.8 Å². The molecule has 50 valence electrons. The smallest absolute Gasteiger partial charge is 0.0449 e. The summed E-state index contributed by atoms with van der Waals surface area (Å²) in [5, 5.41) is 9.33. The van der Waals surface area contributed by atoms with Gasteiger partial charge < -0.3 is 10.9 Å². The third-order valence-electron chi connectivity index (χ3n) is 0.365. The molecule has 8 heavy (non-hydrogen) atoms. The predicted octanol–water partition coefficient (Wildman–Crippen LogP) is -0.460. The Kier molecular flexibility index (Phi) is 12.5. The molecule has 4 heteroatoms. The van der Waals surface area contributed by atoms with Crippen molar-refractivity contribution >= 4 is 6.72 Å². The molecule has 0 saturated carbocycles. The molecule has 4 nitrogen and oxygen atoms in total. The lowest BCUT2D eigenvalue weighted by Crippen LogP contribution is -2.20. The lowest BCUT2D eigenvalue weighted by atomic mass is 10.9. The molecule has 3 N–H and O–H groups in total. The van der Waals surface area contributed by atoms with Crippen molar-refractivity contribution in [3.05, 3.63) is 0 Å². The van der Waals surface area contributed by atoms with E-state index in [1.165, 1.54) is 0 Å². The first-order valence-electron chi connectivity index (χ1n) is 2.14. The summed E-state index contributed by atoms with van der Waals surface area (Å²) in [5.41, 5.74) is 5.10. The summed E-state index contributed by atoms with van der Waals surface area (Å²) in [6.45, 7) is 3.31.